The molecule has 25 heavy (non-hydrogen) atoms. The van der Waals surface area contributed by atoms with E-state index < -0.39 is 23.9 Å². The first-order valence-electron chi connectivity index (χ1n) is 7.44. The van der Waals surface area contributed by atoms with Crippen molar-refractivity contribution >= 4 is 6.47 Å². The molecule has 0 radical (unpaired) electrons. The van der Waals surface area contributed by atoms with Crippen LogP contribution in [-0.4, -0.2) is 43.6 Å². The number of aliphatic hydroxyl groups excluding tert-OH is 2. The van der Waals surface area contributed by atoms with Gasteiger partial charge in [0.05, 0.1) is 17.7 Å². The van der Waals surface area contributed by atoms with Crippen molar-refractivity contribution in [2.24, 2.45) is 0 Å². The summed E-state index contributed by atoms with van der Waals surface area (Å²) in [5.41, 5.74) is -0.417. The van der Waals surface area contributed by atoms with E-state index in [-0.39, 0.29) is 12.5 Å². The van der Waals surface area contributed by atoms with Gasteiger partial charge >= 0.3 is 6.18 Å². The maximum Gasteiger partial charge on any atom is 0.416 e. The first-order chi connectivity index (χ1) is 11.8. The van der Waals surface area contributed by atoms with Crippen molar-refractivity contribution in [1.29, 1.82) is 0 Å². The molecule has 1 saturated carbocycles. The summed E-state index contributed by atoms with van der Waals surface area (Å²) in [5, 5.41) is 26.5. The topological polar surface area (TPSA) is 95.6 Å². The van der Waals surface area contributed by atoms with Crippen LogP contribution in [0, 0.1) is 0 Å². The van der Waals surface area contributed by atoms with Gasteiger partial charge in [0.15, 0.2) is 0 Å². The van der Waals surface area contributed by atoms with Crippen LogP contribution in [0.25, 0.3) is 11.4 Å². The third-order valence-electron chi connectivity index (χ3n) is 4.02. The number of imidazole rings is 1. The Morgan fingerprint density at radius 3 is 2.48 bits per heavy atom. The Bertz CT molecular complexity index is 717. The summed E-state index contributed by atoms with van der Waals surface area (Å²) < 4.78 is 40.1. The van der Waals surface area contributed by atoms with E-state index in [4.69, 9.17) is 9.90 Å². The number of carboxylic acid groups (broad SMARTS) is 1. The zero-order chi connectivity index (χ0) is 18.6. The Balaban J connectivity index is 0.000000701. The second-order valence-electron chi connectivity index (χ2n) is 5.54. The lowest BCUT2D eigenvalue weighted by Crippen LogP contribution is -2.27. The smallest absolute Gasteiger partial charge is 0.416 e. The zero-order valence-electron chi connectivity index (χ0n) is 13.0. The van der Waals surface area contributed by atoms with Crippen LogP contribution < -0.4 is 0 Å². The van der Waals surface area contributed by atoms with Crippen LogP contribution in [0.1, 0.15) is 24.4 Å². The Hall–Kier alpha value is -2.39. The van der Waals surface area contributed by atoms with Crippen LogP contribution >= 0.6 is 0 Å². The van der Waals surface area contributed by atoms with Gasteiger partial charge in [-0.1, -0.05) is 12.1 Å². The van der Waals surface area contributed by atoms with Gasteiger partial charge in [-0.15, -0.1) is 0 Å². The molecule has 1 aliphatic carbocycles. The van der Waals surface area contributed by atoms with E-state index in [1.165, 1.54) is 12.3 Å². The van der Waals surface area contributed by atoms with E-state index in [2.05, 4.69) is 4.98 Å². The van der Waals surface area contributed by atoms with Gasteiger partial charge in [0.1, 0.15) is 11.9 Å². The minimum atomic E-state index is -4.42. The number of halogens is 3. The SMILES string of the molecule is O=CO.O[C@@H]1[C@H](O)CC[C@H]1n1ccnc1-c1cccc(C(F)(F)F)c1. The third-order valence-corrected chi connectivity index (χ3v) is 4.02. The first kappa shape index (κ1) is 18.9. The molecule has 0 aliphatic heterocycles. The van der Waals surface area contributed by atoms with Crippen molar-refractivity contribution < 1.29 is 33.3 Å². The van der Waals surface area contributed by atoms with Gasteiger partial charge in [-0.2, -0.15) is 13.2 Å². The molecule has 136 valence electrons. The number of carbonyl (C=O) groups is 1. The molecule has 0 bridgehead atoms. The highest BCUT2D eigenvalue weighted by Gasteiger charge is 2.36. The molecule has 9 heteroatoms. The van der Waals surface area contributed by atoms with Crippen molar-refractivity contribution in [2.75, 3.05) is 0 Å². The minimum absolute atomic E-state index is 0.250. The molecule has 2 aromatic rings. The van der Waals surface area contributed by atoms with Crippen LogP contribution in [0.15, 0.2) is 36.7 Å². The molecule has 1 fully saturated rings. The fraction of sp³-hybridized carbons (Fsp3) is 0.375. The average molecular weight is 358 g/mol. The van der Waals surface area contributed by atoms with Crippen molar-refractivity contribution in [3.8, 4) is 11.4 Å². The van der Waals surface area contributed by atoms with E-state index in [1.807, 2.05) is 0 Å². The maximum absolute atomic E-state index is 12.8. The summed E-state index contributed by atoms with van der Waals surface area (Å²) in [6.07, 6.45) is -2.10. The van der Waals surface area contributed by atoms with Crippen LogP contribution in [0.2, 0.25) is 0 Å². The summed E-state index contributed by atoms with van der Waals surface area (Å²) in [6, 6.07) is 4.53. The quantitative estimate of drug-likeness (QED) is 0.716. The molecular formula is C16H17F3N2O4. The Labute approximate surface area is 141 Å². The highest BCUT2D eigenvalue weighted by molar-refractivity contribution is 5.57. The van der Waals surface area contributed by atoms with Crippen molar-refractivity contribution in [1.82, 2.24) is 9.55 Å². The standard InChI is InChI=1S/C15H15F3N2O2.CH2O2/c16-15(17,18)10-3-1-2-9(8-10)14-19-6-7-20(14)11-4-5-12(21)13(11)22;2-1-3/h1-3,6-8,11-13,21-22H,4-5H2;1H,(H,2,3)/t11-,12-,13+;/m1./s1. The largest absolute Gasteiger partial charge is 0.483 e. The summed E-state index contributed by atoms with van der Waals surface area (Å²) in [7, 11) is 0. The summed E-state index contributed by atoms with van der Waals surface area (Å²) in [4.78, 5) is 12.5. The third kappa shape index (κ3) is 4.18. The lowest BCUT2D eigenvalue weighted by molar-refractivity contribution is -0.137. The number of aromatic nitrogens is 2. The van der Waals surface area contributed by atoms with Crippen LogP contribution in [0.5, 0.6) is 0 Å². The molecule has 0 saturated heterocycles. The van der Waals surface area contributed by atoms with E-state index in [9.17, 15) is 23.4 Å². The molecule has 1 aromatic carbocycles. The van der Waals surface area contributed by atoms with Gasteiger partial charge in [-0.05, 0) is 25.0 Å². The molecule has 3 atom stereocenters. The van der Waals surface area contributed by atoms with E-state index >= 15 is 0 Å². The summed E-state index contributed by atoms with van der Waals surface area (Å²) in [5.74, 6) is 0.351. The molecule has 0 amide bonds. The van der Waals surface area contributed by atoms with E-state index in [0.717, 1.165) is 12.1 Å². The number of hydrogen-bond donors (Lipinski definition) is 3. The number of rotatable bonds is 2. The molecular weight excluding hydrogens is 341 g/mol. The Kier molecular flexibility index (Phi) is 5.81. The van der Waals surface area contributed by atoms with Crippen molar-refractivity contribution in [2.45, 2.75) is 37.3 Å². The van der Waals surface area contributed by atoms with Crippen LogP contribution in [-0.2, 0) is 11.0 Å². The fourth-order valence-electron chi connectivity index (χ4n) is 2.88. The van der Waals surface area contributed by atoms with Gasteiger partial charge < -0.3 is 19.9 Å². The predicted octanol–water partition coefficient (Wildman–Crippen LogP) is 2.33. The molecule has 1 aliphatic rings. The molecule has 0 unspecified atom stereocenters. The van der Waals surface area contributed by atoms with Gasteiger partial charge in [-0.3, -0.25) is 4.79 Å². The Morgan fingerprint density at radius 1 is 1.24 bits per heavy atom. The van der Waals surface area contributed by atoms with Crippen molar-refractivity contribution in [3.05, 3.63) is 42.2 Å². The molecule has 6 nitrogen and oxygen atoms in total. The first-order valence-corrected chi connectivity index (χ1v) is 7.44. The number of hydrogen-bond acceptors (Lipinski definition) is 4. The van der Waals surface area contributed by atoms with E-state index in [1.54, 1.807) is 16.8 Å². The number of nitrogens with zero attached hydrogens (tertiary/aromatic N) is 2. The fourth-order valence-corrected chi connectivity index (χ4v) is 2.88. The summed E-state index contributed by atoms with van der Waals surface area (Å²) >= 11 is 0. The number of alkyl halides is 3. The summed E-state index contributed by atoms with van der Waals surface area (Å²) in [6.45, 7) is -0.250. The average Bonchev–Trinajstić information content (AvgIpc) is 3.15. The predicted molar refractivity (Wildman–Crippen MR) is 81.6 cm³/mol. The second kappa shape index (κ2) is 7.66. The lowest BCUT2D eigenvalue weighted by atomic mass is 10.1. The van der Waals surface area contributed by atoms with Crippen molar-refractivity contribution in [3.63, 3.8) is 0 Å². The lowest BCUT2D eigenvalue weighted by Gasteiger charge is -2.20. The molecule has 3 rings (SSSR count). The van der Waals surface area contributed by atoms with Gasteiger partial charge in [0, 0.05) is 18.0 Å². The minimum Gasteiger partial charge on any atom is -0.483 e. The van der Waals surface area contributed by atoms with Gasteiger partial charge in [0.25, 0.3) is 6.47 Å². The molecule has 0 spiro atoms. The highest BCUT2D eigenvalue weighted by atomic mass is 19.4. The maximum atomic E-state index is 12.8. The van der Waals surface area contributed by atoms with Crippen LogP contribution in [0.3, 0.4) is 0 Å². The van der Waals surface area contributed by atoms with Gasteiger partial charge in [-0.25, -0.2) is 4.98 Å². The van der Waals surface area contributed by atoms with E-state index in [0.29, 0.717) is 24.2 Å². The zero-order valence-corrected chi connectivity index (χ0v) is 13.0. The molecule has 3 N–H and O–H groups in total. The van der Waals surface area contributed by atoms with Gasteiger partial charge in [0.2, 0.25) is 0 Å². The highest BCUT2D eigenvalue weighted by Crippen LogP contribution is 2.35. The van der Waals surface area contributed by atoms with Crippen LogP contribution in [0.4, 0.5) is 13.2 Å². The normalized spacial score (nSPS) is 23.0. The molecule has 1 heterocycles. The monoisotopic (exact) mass is 358 g/mol. The Morgan fingerprint density at radius 2 is 1.92 bits per heavy atom. The second-order valence-corrected chi connectivity index (χ2v) is 5.54. The number of aliphatic hydroxyl groups is 2. The number of benzene rings is 1. The molecule has 1 aromatic heterocycles.